The number of amides is 4. The Balaban J connectivity index is 1.52. The van der Waals surface area contributed by atoms with Gasteiger partial charge < -0.3 is 19.7 Å². The van der Waals surface area contributed by atoms with Crippen LogP contribution in [0, 0.1) is 0 Å². The molecule has 0 spiro atoms. The molecule has 0 aliphatic carbocycles. The smallest absolute Gasteiger partial charge is 0.325 e. The molecule has 1 aromatic carbocycles. The van der Waals surface area contributed by atoms with Gasteiger partial charge in [0.05, 0.1) is 0 Å². The number of hydrogen-bond acceptors (Lipinski definition) is 5. The van der Waals surface area contributed by atoms with Crippen molar-refractivity contribution in [1.29, 1.82) is 0 Å². The second kappa shape index (κ2) is 7.33. The van der Waals surface area contributed by atoms with Crippen molar-refractivity contribution in [3.63, 3.8) is 0 Å². The lowest BCUT2D eigenvalue weighted by atomic mass is 9.91. The normalized spacial score (nSPS) is 24.8. The van der Waals surface area contributed by atoms with E-state index < -0.39 is 17.5 Å². The van der Waals surface area contributed by atoms with Gasteiger partial charge in [-0.05, 0) is 37.5 Å². The summed E-state index contributed by atoms with van der Waals surface area (Å²) in [6.45, 7) is 3.69. The van der Waals surface area contributed by atoms with Gasteiger partial charge in [0.1, 0.15) is 25.3 Å². The molecule has 3 aliphatic rings. The van der Waals surface area contributed by atoms with Gasteiger partial charge in [-0.3, -0.25) is 14.5 Å². The number of ether oxygens (including phenoxy) is 2. The van der Waals surface area contributed by atoms with E-state index >= 15 is 0 Å². The maximum atomic E-state index is 13.1. The van der Waals surface area contributed by atoms with E-state index in [0.29, 0.717) is 43.4 Å². The van der Waals surface area contributed by atoms with Crippen molar-refractivity contribution >= 4 is 17.8 Å². The number of nitrogens with one attached hydrogen (secondary N) is 1. The quantitative estimate of drug-likeness (QED) is 0.797. The van der Waals surface area contributed by atoms with Gasteiger partial charge in [0.2, 0.25) is 5.91 Å². The standard InChI is InChI=1S/C20H25N3O5/c1-20(14-6-7-15-16(12-14)28-11-10-27-15)18(25)23(19(26)21-20)13-17(24)22-8-4-2-3-5-9-22/h6-7,12H,2-5,8-11,13H2,1H3,(H,21,26). The van der Waals surface area contributed by atoms with Gasteiger partial charge in [0.15, 0.2) is 11.5 Å². The predicted molar refractivity (Wildman–Crippen MR) is 100 cm³/mol. The molecule has 4 amide bonds. The van der Waals surface area contributed by atoms with E-state index in [4.69, 9.17) is 9.47 Å². The maximum Gasteiger partial charge on any atom is 0.325 e. The first kappa shape index (κ1) is 18.6. The van der Waals surface area contributed by atoms with Crippen LogP contribution in [0.15, 0.2) is 18.2 Å². The van der Waals surface area contributed by atoms with Crippen LogP contribution in [-0.4, -0.2) is 60.5 Å². The predicted octanol–water partition coefficient (Wildman–Crippen LogP) is 1.63. The third kappa shape index (κ3) is 3.27. The number of rotatable bonds is 3. The number of nitrogens with zero attached hydrogens (tertiary/aromatic N) is 2. The third-order valence-electron chi connectivity index (χ3n) is 5.65. The van der Waals surface area contributed by atoms with Gasteiger partial charge in [0.25, 0.3) is 5.91 Å². The van der Waals surface area contributed by atoms with Crippen molar-refractivity contribution in [1.82, 2.24) is 15.1 Å². The number of carbonyl (C=O) groups is 3. The largest absolute Gasteiger partial charge is 0.486 e. The SMILES string of the molecule is CC1(c2ccc3c(c2)OCCO3)NC(=O)N(CC(=O)N2CCCCCC2)C1=O. The Hall–Kier alpha value is -2.77. The van der Waals surface area contributed by atoms with Crippen LogP contribution in [-0.2, 0) is 15.1 Å². The highest BCUT2D eigenvalue weighted by atomic mass is 16.6. The topological polar surface area (TPSA) is 88.2 Å². The molecule has 8 heteroatoms. The average molecular weight is 387 g/mol. The summed E-state index contributed by atoms with van der Waals surface area (Å²) in [5.41, 5.74) is -0.647. The summed E-state index contributed by atoms with van der Waals surface area (Å²) in [6, 6.07) is 4.64. The summed E-state index contributed by atoms with van der Waals surface area (Å²) in [7, 11) is 0. The van der Waals surface area contributed by atoms with Crippen molar-refractivity contribution in [2.45, 2.75) is 38.1 Å². The maximum absolute atomic E-state index is 13.1. The van der Waals surface area contributed by atoms with Crippen molar-refractivity contribution < 1.29 is 23.9 Å². The average Bonchev–Trinajstić information content (AvgIpc) is 2.91. The molecule has 1 aromatic rings. The van der Waals surface area contributed by atoms with E-state index in [2.05, 4.69) is 5.32 Å². The van der Waals surface area contributed by atoms with Crippen LogP contribution in [0.5, 0.6) is 11.5 Å². The number of likely N-dealkylation sites (tertiary alicyclic amines) is 1. The first-order chi connectivity index (χ1) is 13.5. The Morgan fingerprint density at radius 2 is 1.75 bits per heavy atom. The zero-order valence-corrected chi connectivity index (χ0v) is 16.0. The number of fused-ring (bicyclic) bond motifs is 1. The van der Waals surface area contributed by atoms with E-state index in [-0.39, 0.29) is 12.5 Å². The van der Waals surface area contributed by atoms with E-state index in [9.17, 15) is 14.4 Å². The van der Waals surface area contributed by atoms with Crippen molar-refractivity contribution in [2.24, 2.45) is 0 Å². The molecule has 1 N–H and O–H groups in total. The number of imide groups is 1. The summed E-state index contributed by atoms with van der Waals surface area (Å²) in [5, 5.41) is 2.74. The fraction of sp³-hybridized carbons (Fsp3) is 0.550. The second-order valence-electron chi connectivity index (χ2n) is 7.60. The molecule has 1 unspecified atom stereocenters. The molecular formula is C20H25N3O5. The van der Waals surface area contributed by atoms with Gasteiger partial charge in [-0.15, -0.1) is 0 Å². The minimum atomic E-state index is -1.24. The molecule has 4 rings (SSSR count). The molecule has 8 nitrogen and oxygen atoms in total. The van der Waals surface area contributed by atoms with Crippen molar-refractivity contribution in [3.8, 4) is 11.5 Å². The van der Waals surface area contributed by atoms with Crippen LogP contribution in [0.2, 0.25) is 0 Å². The number of hydrogen-bond donors (Lipinski definition) is 1. The van der Waals surface area contributed by atoms with E-state index in [1.807, 2.05) is 0 Å². The van der Waals surface area contributed by atoms with Crippen LogP contribution in [0.3, 0.4) is 0 Å². The highest BCUT2D eigenvalue weighted by molar-refractivity contribution is 6.09. The molecule has 1 atom stereocenters. The van der Waals surface area contributed by atoms with E-state index in [1.54, 1.807) is 30.0 Å². The first-order valence-corrected chi connectivity index (χ1v) is 9.81. The minimum absolute atomic E-state index is 0.183. The van der Waals surface area contributed by atoms with Crippen LogP contribution in [0.25, 0.3) is 0 Å². The van der Waals surface area contributed by atoms with Crippen LogP contribution in [0.1, 0.15) is 38.2 Å². The van der Waals surface area contributed by atoms with E-state index in [0.717, 1.165) is 30.6 Å². The van der Waals surface area contributed by atoms with Gasteiger partial charge in [-0.25, -0.2) is 4.79 Å². The molecule has 28 heavy (non-hydrogen) atoms. The summed E-state index contributed by atoms with van der Waals surface area (Å²) in [6.07, 6.45) is 4.13. The minimum Gasteiger partial charge on any atom is -0.486 e. The Morgan fingerprint density at radius 1 is 1.07 bits per heavy atom. The fourth-order valence-electron chi connectivity index (χ4n) is 3.95. The summed E-state index contributed by atoms with van der Waals surface area (Å²) < 4.78 is 11.1. The monoisotopic (exact) mass is 387 g/mol. The van der Waals surface area contributed by atoms with Gasteiger partial charge in [0, 0.05) is 13.1 Å². The van der Waals surface area contributed by atoms with Gasteiger partial charge in [-0.1, -0.05) is 18.9 Å². The fourth-order valence-corrected chi connectivity index (χ4v) is 3.95. The van der Waals surface area contributed by atoms with Gasteiger partial charge in [-0.2, -0.15) is 0 Å². The lowest BCUT2D eigenvalue weighted by Crippen LogP contribution is -2.44. The second-order valence-corrected chi connectivity index (χ2v) is 7.60. The van der Waals surface area contributed by atoms with Gasteiger partial charge >= 0.3 is 6.03 Å². The number of carbonyl (C=O) groups excluding carboxylic acids is 3. The highest BCUT2D eigenvalue weighted by Gasteiger charge is 2.50. The highest BCUT2D eigenvalue weighted by Crippen LogP contribution is 2.36. The lowest BCUT2D eigenvalue weighted by Gasteiger charge is -2.26. The molecule has 0 bridgehead atoms. The van der Waals surface area contributed by atoms with Crippen LogP contribution >= 0.6 is 0 Å². The number of urea groups is 1. The zero-order chi connectivity index (χ0) is 19.7. The molecular weight excluding hydrogens is 362 g/mol. The molecule has 2 saturated heterocycles. The molecule has 0 saturated carbocycles. The molecule has 3 heterocycles. The summed E-state index contributed by atoms with van der Waals surface area (Å²) in [4.78, 5) is 41.0. The summed E-state index contributed by atoms with van der Waals surface area (Å²) in [5.74, 6) is 0.545. The van der Waals surface area contributed by atoms with Crippen LogP contribution < -0.4 is 14.8 Å². The first-order valence-electron chi connectivity index (χ1n) is 9.81. The Morgan fingerprint density at radius 3 is 2.46 bits per heavy atom. The third-order valence-corrected chi connectivity index (χ3v) is 5.65. The Bertz CT molecular complexity index is 803. The molecule has 3 aliphatic heterocycles. The Kier molecular flexibility index (Phi) is 4.87. The summed E-state index contributed by atoms with van der Waals surface area (Å²) >= 11 is 0. The van der Waals surface area contributed by atoms with Crippen molar-refractivity contribution in [2.75, 3.05) is 32.8 Å². The van der Waals surface area contributed by atoms with Crippen LogP contribution in [0.4, 0.5) is 4.79 Å². The Labute approximate surface area is 163 Å². The lowest BCUT2D eigenvalue weighted by molar-refractivity contribution is -0.138. The zero-order valence-electron chi connectivity index (χ0n) is 16.0. The molecule has 2 fully saturated rings. The van der Waals surface area contributed by atoms with Crippen molar-refractivity contribution in [3.05, 3.63) is 23.8 Å². The van der Waals surface area contributed by atoms with E-state index in [1.165, 1.54) is 0 Å². The number of benzene rings is 1. The molecule has 0 radical (unpaired) electrons. The molecule has 0 aromatic heterocycles. The molecule has 150 valence electrons.